The summed E-state index contributed by atoms with van der Waals surface area (Å²) in [7, 11) is 0. The first-order chi connectivity index (χ1) is 12.1. The first kappa shape index (κ1) is 15.6. The third-order valence-corrected chi connectivity index (χ3v) is 4.91. The van der Waals surface area contributed by atoms with E-state index >= 15 is 0 Å². The summed E-state index contributed by atoms with van der Waals surface area (Å²) in [4.78, 5) is 12.9. The predicted octanol–water partition coefficient (Wildman–Crippen LogP) is 3.87. The van der Waals surface area contributed by atoms with Gasteiger partial charge < -0.3 is 10.2 Å². The smallest absolute Gasteiger partial charge is 0.335 e. The standard InChI is InChI=1S/C19H19N3O3/c23-18-14(12-6-2-1-3-7-12)10-13(19(24)25)11-17(18)22-20-15-8-4-5-9-16(15)21-22/h4-5,8-12,23H,1-3,6-7H2,(H,24,25). The number of rotatable bonds is 3. The minimum absolute atomic E-state index is 0.0807. The van der Waals surface area contributed by atoms with Crippen molar-refractivity contribution >= 4 is 17.0 Å². The number of aromatic hydroxyl groups is 1. The molecule has 4 rings (SSSR count). The van der Waals surface area contributed by atoms with E-state index in [-0.39, 0.29) is 17.2 Å². The minimum atomic E-state index is -1.02. The van der Waals surface area contributed by atoms with E-state index in [1.807, 2.05) is 24.3 Å². The van der Waals surface area contributed by atoms with Crippen molar-refractivity contribution in [1.82, 2.24) is 15.0 Å². The molecule has 1 aromatic heterocycles. The fraction of sp³-hybridized carbons (Fsp3) is 0.316. The second-order valence-electron chi connectivity index (χ2n) is 6.55. The Labute approximate surface area is 144 Å². The Kier molecular flexibility index (Phi) is 3.87. The van der Waals surface area contributed by atoms with Crippen molar-refractivity contribution < 1.29 is 15.0 Å². The molecule has 0 bridgehead atoms. The summed E-state index contributed by atoms with van der Waals surface area (Å²) >= 11 is 0. The molecule has 25 heavy (non-hydrogen) atoms. The van der Waals surface area contributed by atoms with Crippen molar-refractivity contribution in [1.29, 1.82) is 0 Å². The molecule has 1 fully saturated rings. The number of fused-ring (bicyclic) bond motifs is 1. The number of carbonyl (C=O) groups is 1. The fourth-order valence-corrected chi connectivity index (χ4v) is 3.61. The van der Waals surface area contributed by atoms with Crippen molar-refractivity contribution in [3.05, 3.63) is 47.5 Å². The molecular formula is C19H19N3O3. The van der Waals surface area contributed by atoms with Crippen LogP contribution in [0.1, 0.15) is 53.9 Å². The number of carboxylic acids is 1. The molecule has 1 aliphatic carbocycles. The van der Waals surface area contributed by atoms with Crippen LogP contribution in [0.15, 0.2) is 36.4 Å². The quantitative estimate of drug-likeness (QED) is 0.757. The fourth-order valence-electron chi connectivity index (χ4n) is 3.61. The molecule has 0 spiro atoms. The molecule has 1 aliphatic rings. The highest BCUT2D eigenvalue weighted by atomic mass is 16.4. The van der Waals surface area contributed by atoms with Crippen LogP contribution >= 0.6 is 0 Å². The van der Waals surface area contributed by atoms with E-state index in [1.54, 1.807) is 6.07 Å². The van der Waals surface area contributed by atoms with E-state index in [4.69, 9.17) is 0 Å². The topological polar surface area (TPSA) is 88.2 Å². The maximum atomic E-state index is 11.6. The SMILES string of the molecule is O=C(O)c1cc(C2CCCCC2)c(O)c(-n2nc3ccccc3n2)c1. The number of aromatic nitrogens is 3. The van der Waals surface area contributed by atoms with Gasteiger partial charge in [-0.2, -0.15) is 0 Å². The molecule has 1 heterocycles. The van der Waals surface area contributed by atoms with Gasteiger partial charge in [0.15, 0.2) is 0 Å². The first-order valence-corrected chi connectivity index (χ1v) is 8.56. The second-order valence-corrected chi connectivity index (χ2v) is 6.55. The summed E-state index contributed by atoms with van der Waals surface area (Å²) in [5.74, 6) is -0.760. The van der Waals surface area contributed by atoms with Gasteiger partial charge in [-0.05, 0) is 43.0 Å². The van der Waals surface area contributed by atoms with Gasteiger partial charge in [-0.1, -0.05) is 31.4 Å². The van der Waals surface area contributed by atoms with Crippen LogP contribution < -0.4 is 0 Å². The molecule has 3 aromatic rings. The molecule has 6 heteroatoms. The number of aromatic carboxylic acids is 1. The summed E-state index contributed by atoms with van der Waals surface area (Å²) in [5.41, 5.74) is 2.55. The van der Waals surface area contributed by atoms with Crippen LogP contribution in [-0.4, -0.2) is 31.2 Å². The lowest BCUT2D eigenvalue weighted by Crippen LogP contribution is -2.10. The number of nitrogens with zero attached hydrogens (tertiary/aromatic N) is 3. The minimum Gasteiger partial charge on any atom is -0.505 e. The van der Waals surface area contributed by atoms with Crippen molar-refractivity contribution in [2.45, 2.75) is 38.0 Å². The molecule has 0 aliphatic heterocycles. The summed E-state index contributed by atoms with van der Waals surface area (Å²) in [5, 5.41) is 29.1. The molecule has 0 saturated heterocycles. The number of hydrogen-bond acceptors (Lipinski definition) is 4. The Hall–Kier alpha value is -2.89. The van der Waals surface area contributed by atoms with Gasteiger partial charge in [-0.3, -0.25) is 0 Å². The molecule has 2 N–H and O–H groups in total. The molecule has 0 atom stereocenters. The van der Waals surface area contributed by atoms with Crippen LogP contribution in [0.5, 0.6) is 5.75 Å². The van der Waals surface area contributed by atoms with Crippen LogP contribution in [0.2, 0.25) is 0 Å². The maximum absolute atomic E-state index is 11.6. The zero-order chi connectivity index (χ0) is 17.4. The molecule has 0 radical (unpaired) electrons. The monoisotopic (exact) mass is 337 g/mol. The molecule has 128 valence electrons. The van der Waals surface area contributed by atoms with Crippen LogP contribution in [0.25, 0.3) is 16.7 Å². The lowest BCUT2D eigenvalue weighted by Gasteiger charge is -2.24. The van der Waals surface area contributed by atoms with Crippen molar-refractivity contribution in [3.8, 4) is 11.4 Å². The average Bonchev–Trinajstić information content (AvgIpc) is 3.06. The number of carboxylic acid groups (broad SMARTS) is 1. The Bertz CT molecular complexity index is 909. The summed E-state index contributed by atoms with van der Waals surface area (Å²) < 4.78 is 0. The molecular weight excluding hydrogens is 318 g/mol. The van der Waals surface area contributed by atoms with Crippen LogP contribution in [0.4, 0.5) is 0 Å². The molecule has 2 aromatic carbocycles. The van der Waals surface area contributed by atoms with Gasteiger partial charge >= 0.3 is 5.97 Å². The van der Waals surface area contributed by atoms with Gasteiger partial charge in [0.1, 0.15) is 22.5 Å². The largest absolute Gasteiger partial charge is 0.505 e. The summed E-state index contributed by atoms with van der Waals surface area (Å²) in [6.07, 6.45) is 5.31. The highest BCUT2D eigenvalue weighted by molar-refractivity contribution is 5.89. The molecule has 6 nitrogen and oxygen atoms in total. The van der Waals surface area contributed by atoms with E-state index in [1.165, 1.54) is 17.3 Å². The third-order valence-electron chi connectivity index (χ3n) is 4.91. The Morgan fingerprint density at radius 1 is 1.04 bits per heavy atom. The van der Waals surface area contributed by atoms with E-state index in [9.17, 15) is 15.0 Å². The Balaban J connectivity index is 1.88. The van der Waals surface area contributed by atoms with Gasteiger partial charge in [0, 0.05) is 5.56 Å². The van der Waals surface area contributed by atoms with Gasteiger partial charge in [0.25, 0.3) is 0 Å². The average molecular weight is 337 g/mol. The van der Waals surface area contributed by atoms with Gasteiger partial charge in [0.05, 0.1) is 5.56 Å². The van der Waals surface area contributed by atoms with Crippen molar-refractivity contribution in [3.63, 3.8) is 0 Å². The second kappa shape index (κ2) is 6.20. The number of phenolic OH excluding ortho intramolecular Hbond substituents is 1. The van der Waals surface area contributed by atoms with E-state index < -0.39 is 5.97 Å². The number of phenols is 1. The third kappa shape index (κ3) is 2.84. The lowest BCUT2D eigenvalue weighted by atomic mass is 9.83. The number of benzene rings is 2. The van der Waals surface area contributed by atoms with Gasteiger partial charge in [-0.25, -0.2) is 4.79 Å². The van der Waals surface area contributed by atoms with E-state index in [2.05, 4.69) is 10.2 Å². The molecule has 1 saturated carbocycles. The number of hydrogen-bond donors (Lipinski definition) is 2. The van der Waals surface area contributed by atoms with Gasteiger partial charge in [-0.15, -0.1) is 15.0 Å². The summed E-state index contributed by atoms with van der Waals surface area (Å²) in [6, 6.07) is 10.4. The highest BCUT2D eigenvalue weighted by Crippen LogP contribution is 2.40. The lowest BCUT2D eigenvalue weighted by molar-refractivity contribution is 0.0696. The van der Waals surface area contributed by atoms with E-state index in [0.29, 0.717) is 22.3 Å². The zero-order valence-electron chi connectivity index (χ0n) is 13.7. The van der Waals surface area contributed by atoms with E-state index in [0.717, 1.165) is 25.7 Å². The molecule has 0 amide bonds. The van der Waals surface area contributed by atoms with Crippen molar-refractivity contribution in [2.75, 3.05) is 0 Å². The highest BCUT2D eigenvalue weighted by Gasteiger charge is 2.24. The Morgan fingerprint density at radius 3 is 2.28 bits per heavy atom. The summed E-state index contributed by atoms with van der Waals surface area (Å²) in [6.45, 7) is 0. The Morgan fingerprint density at radius 2 is 1.68 bits per heavy atom. The zero-order valence-corrected chi connectivity index (χ0v) is 13.7. The van der Waals surface area contributed by atoms with Crippen molar-refractivity contribution in [2.24, 2.45) is 0 Å². The normalized spacial score (nSPS) is 15.5. The molecule has 0 unspecified atom stereocenters. The van der Waals surface area contributed by atoms with Crippen LogP contribution in [0, 0.1) is 0 Å². The maximum Gasteiger partial charge on any atom is 0.335 e. The first-order valence-electron chi connectivity index (χ1n) is 8.56. The predicted molar refractivity (Wildman–Crippen MR) is 93.3 cm³/mol. The van der Waals surface area contributed by atoms with Crippen LogP contribution in [0.3, 0.4) is 0 Å². The van der Waals surface area contributed by atoms with Gasteiger partial charge in [0.2, 0.25) is 0 Å². The van der Waals surface area contributed by atoms with Crippen LogP contribution in [-0.2, 0) is 0 Å².